The minimum atomic E-state index is -0.863. The summed E-state index contributed by atoms with van der Waals surface area (Å²) >= 11 is 6.24. The summed E-state index contributed by atoms with van der Waals surface area (Å²) in [5.74, 6) is -0.172. The Bertz CT molecular complexity index is 1130. The van der Waals surface area contributed by atoms with Crippen LogP contribution >= 0.6 is 11.6 Å². The molecule has 8 nitrogen and oxygen atoms in total. The van der Waals surface area contributed by atoms with Gasteiger partial charge in [-0.3, -0.25) is 9.59 Å². The topological polar surface area (TPSA) is 94.5 Å². The Kier molecular flexibility index (Phi) is 8.64. The summed E-state index contributed by atoms with van der Waals surface area (Å²) in [6, 6.07) is 8.96. The lowest BCUT2D eigenvalue weighted by molar-refractivity contribution is -0.140. The SMILES string of the molecule is COCCN1C(=O)C(=O)/C(=C(\O)c2ccc(OC)c(Cl)c2)C1c1ccc(OC)c(OCC(C)C)c1. The first kappa shape index (κ1) is 26.4. The number of ether oxygens (including phenoxy) is 4. The molecule has 1 aliphatic heterocycles. The van der Waals surface area contributed by atoms with Crippen molar-refractivity contribution in [2.45, 2.75) is 19.9 Å². The Morgan fingerprint density at radius 1 is 1.03 bits per heavy atom. The standard InChI is InChI=1S/C26H30ClNO7/c1-15(2)14-35-21-13-16(6-9-20(21)34-5)23-22(25(30)26(31)28(23)10-11-32-3)24(29)17-7-8-19(33-4)18(27)12-17/h6-9,12-13,15,23,29H,10-11,14H2,1-5H3/b24-22-. The number of Topliss-reactive ketones (excluding diaryl/α,β-unsaturated/α-hetero) is 1. The van der Waals surface area contributed by atoms with Crippen LogP contribution in [-0.4, -0.2) is 62.8 Å². The molecule has 2 aromatic rings. The molecular formula is C26H30ClNO7. The lowest BCUT2D eigenvalue weighted by Crippen LogP contribution is -2.32. The highest BCUT2D eigenvalue weighted by molar-refractivity contribution is 6.46. The Hall–Kier alpha value is -3.23. The zero-order chi connectivity index (χ0) is 25.7. The second-order valence-corrected chi connectivity index (χ2v) is 8.86. The molecule has 0 aromatic heterocycles. The van der Waals surface area contributed by atoms with Crippen molar-refractivity contribution in [2.75, 3.05) is 41.1 Å². The Morgan fingerprint density at radius 2 is 1.71 bits per heavy atom. The number of likely N-dealkylation sites (tertiary alicyclic amines) is 1. The van der Waals surface area contributed by atoms with Crippen LogP contribution < -0.4 is 14.2 Å². The van der Waals surface area contributed by atoms with Gasteiger partial charge in [-0.2, -0.15) is 0 Å². The maximum atomic E-state index is 13.1. The predicted molar refractivity (Wildman–Crippen MR) is 132 cm³/mol. The van der Waals surface area contributed by atoms with Crippen LogP contribution in [0.25, 0.3) is 5.76 Å². The summed E-state index contributed by atoms with van der Waals surface area (Å²) < 4.78 is 21.7. The number of amides is 1. The van der Waals surface area contributed by atoms with Crippen LogP contribution in [0.3, 0.4) is 0 Å². The minimum Gasteiger partial charge on any atom is -0.507 e. The first-order valence-corrected chi connectivity index (χ1v) is 11.5. The fraction of sp³-hybridized carbons (Fsp3) is 0.385. The van der Waals surface area contributed by atoms with E-state index in [0.29, 0.717) is 29.4 Å². The zero-order valence-corrected chi connectivity index (χ0v) is 21.2. The molecule has 188 valence electrons. The molecule has 0 aliphatic carbocycles. The molecule has 35 heavy (non-hydrogen) atoms. The molecule has 1 saturated heterocycles. The van der Waals surface area contributed by atoms with E-state index in [1.165, 1.54) is 32.3 Å². The van der Waals surface area contributed by atoms with Crippen LogP contribution in [0.2, 0.25) is 5.02 Å². The average molecular weight is 504 g/mol. The first-order valence-electron chi connectivity index (χ1n) is 11.1. The van der Waals surface area contributed by atoms with Gasteiger partial charge >= 0.3 is 0 Å². The van der Waals surface area contributed by atoms with E-state index in [0.717, 1.165) is 0 Å². The molecule has 1 unspecified atom stereocenters. The molecule has 1 fully saturated rings. The summed E-state index contributed by atoms with van der Waals surface area (Å²) in [7, 11) is 4.52. The molecule has 0 radical (unpaired) electrons. The van der Waals surface area contributed by atoms with E-state index in [1.54, 1.807) is 30.3 Å². The largest absolute Gasteiger partial charge is 0.507 e. The van der Waals surface area contributed by atoms with Crippen LogP contribution in [-0.2, 0) is 14.3 Å². The zero-order valence-electron chi connectivity index (χ0n) is 20.5. The van der Waals surface area contributed by atoms with E-state index >= 15 is 0 Å². The number of carbonyl (C=O) groups is 2. The van der Waals surface area contributed by atoms with Crippen molar-refractivity contribution < 1.29 is 33.6 Å². The van der Waals surface area contributed by atoms with Gasteiger partial charge in [-0.1, -0.05) is 31.5 Å². The highest BCUT2D eigenvalue weighted by atomic mass is 35.5. The van der Waals surface area contributed by atoms with Gasteiger partial charge in [-0.05, 0) is 41.8 Å². The molecule has 3 rings (SSSR count). The van der Waals surface area contributed by atoms with Crippen molar-refractivity contribution >= 4 is 29.1 Å². The highest BCUT2D eigenvalue weighted by Crippen LogP contribution is 2.42. The fourth-order valence-electron chi connectivity index (χ4n) is 3.85. The van der Waals surface area contributed by atoms with Gasteiger partial charge in [-0.15, -0.1) is 0 Å². The van der Waals surface area contributed by atoms with Crippen molar-refractivity contribution in [3.63, 3.8) is 0 Å². The third-order valence-electron chi connectivity index (χ3n) is 5.58. The molecule has 1 amide bonds. The number of methoxy groups -OCH3 is 3. The molecular weight excluding hydrogens is 474 g/mol. The highest BCUT2D eigenvalue weighted by Gasteiger charge is 2.46. The van der Waals surface area contributed by atoms with E-state index in [-0.39, 0.29) is 41.0 Å². The summed E-state index contributed by atoms with van der Waals surface area (Å²) in [5.41, 5.74) is 0.823. The lowest BCUT2D eigenvalue weighted by Gasteiger charge is -2.26. The number of nitrogens with zero attached hydrogens (tertiary/aromatic N) is 1. The number of aliphatic hydroxyl groups excluding tert-OH is 1. The Morgan fingerprint density at radius 3 is 2.31 bits per heavy atom. The fourth-order valence-corrected chi connectivity index (χ4v) is 4.11. The third-order valence-corrected chi connectivity index (χ3v) is 5.87. The number of benzene rings is 2. The maximum Gasteiger partial charge on any atom is 0.295 e. The number of halogens is 1. The van der Waals surface area contributed by atoms with Crippen molar-refractivity contribution in [1.82, 2.24) is 4.90 Å². The monoisotopic (exact) mass is 503 g/mol. The predicted octanol–water partition coefficient (Wildman–Crippen LogP) is 4.46. The van der Waals surface area contributed by atoms with E-state index in [1.807, 2.05) is 13.8 Å². The molecule has 9 heteroatoms. The summed E-state index contributed by atoms with van der Waals surface area (Å²) in [5, 5.41) is 11.5. The molecule has 1 heterocycles. The summed E-state index contributed by atoms with van der Waals surface area (Å²) in [4.78, 5) is 27.5. The number of rotatable bonds is 10. The average Bonchev–Trinajstić information content (AvgIpc) is 3.10. The first-order chi connectivity index (χ1) is 16.7. The van der Waals surface area contributed by atoms with Gasteiger partial charge in [0.15, 0.2) is 11.5 Å². The van der Waals surface area contributed by atoms with Gasteiger partial charge < -0.3 is 29.0 Å². The molecule has 0 bridgehead atoms. The van der Waals surface area contributed by atoms with E-state index in [9.17, 15) is 14.7 Å². The van der Waals surface area contributed by atoms with Crippen LogP contribution in [0.1, 0.15) is 31.0 Å². The number of ketones is 1. The van der Waals surface area contributed by atoms with Gasteiger partial charge in [-0.25, -0.2) is 0 Å². The van der Waals surface area contributed by atoms with E-state index in [2.05, 4.69) is 0 Å². The maximum absolute atomic E-state index is 13.1. The van der Waals surface area contributed by atoms with E-state index in [4.69, 9.17) is 30.5 Å². The van der Waals surface area contributed by atoms with Gasteiger partial charge in [0, 0.05) is 19.2 Å². The van der Waals surface area contributed by atoms with Crippen molar-refractivity contribution in [1.29, 1.82) is 0 Å². The second kappa shape index (κ2) is 11.5. The van der Waals surface area contributed by atoms with Crippen molar-refractivity contribution in [3.8, 4) is 17.2 Å². The van der Waals surface area contributed by atoms with Gasteiger partial charge in [0.25, 0.3) is 11.7 Å². The third kappa shape index (κ3) is 5.55. The van der Waals surface area contributed by atoms with Crippen LogP contribution in [0.5, 0.6) is 17.2 Å². The van der Waals surface area contributed by atoms with Crippen LogP contribution in [0.4, 0.5) is 0 Å². The van der Waals surface area contributed by atoms with Gasteiger partial charge in [0.05, 0.1) is 44.1 Å². The number of aliphatic hydroxyl groups is 1. The van der Waals surface area contributed by atoms with E-state index < -0.39 is 17.7 Å². The van der Waals surface area contributed by atoms with Gasteiger partial charge in [0.1, 0.15) is 11.5 Å². The normalized spacial score (nSPS) is 17.2. The minimum absolute atomic E-state index is 0.0488. The molecule has 1 atom stereocenters. The Balaban J connectivity index is 2.17. The number of hydrogen-bond acceptors (Lipinski definition) is 7. The smallest absolute Gasteiger partial charge is 0.295 e. The van der Waals surface area contributed by atoms with Crippen LogP contribution in [0, 0.1) is 5.92 Å². The van der Waals surface area contributed by atoms with Gasteiger partial charge in [0.2, 0.25) is 0 Å². The lowest BCUT2D eigenvalue weighted by atomic mass is 9.95. The molecule has 0 saturated carbocycles. The number of carbonyl (C=O) groups excluding carboxylic acids is 2. The summed E-state index contributed by atoms with van der Waals surface area (Å²) in [6.07, 6.45) is 0. The second-order valence-electron chi connectivity index (χ2n) is 8.45. The quantitative estimate of drug-likeness (QED) is 0.290. The molecule has 1 aliphatic rings. The van der Waals surface area contributed by atoms with Crippen molar-refractivity contribution in [2.24, 2.45) is 5.92 Å². The Labute approximate surface area is 210 Å². The van der Waals surface area contributed by atoms with Crippen molar-refractivity contribution in [3.05, 3.63) is 58.1 Å². The molecule has 0 spiro atoms. The number of hydrogen-bond donors (Lipinski definition) is 1. The molecule has 1 N–H and O–H groups in total. The summed E-state index contributed by atoms with van der Waals surface area (Å²) in [6.45, 7) is 4.87. The molecule has 2 aromatic carbocycles. The van der Waals surface area contributed by atoms with Crippen LogP contribution in [0.15, 0.2) is 42.0 Å².